The normalized spacial score (nSPS) is 13.7. The molecule has 0 bridgehead atoms. The van der Waals surface area contributed by atoms with E-state index in [2.05, 4.69) is 126 Å². The van der Waals surface area contributed by atoms with Crippen molar-refractivity contribution in [2.24, 2.45) is 0 Å². The first-order valence-electron chi connectivity index (χ1n) is 12.1. The zero-order valence-electron chi connectivity index (χ0n) is 19.3. The third-order valence-corrected chi connectivity index (χ3v) is 8.61. The molecule has 0 saturated heterocycles. The summed E-state index contributed by atoms with van der Waals surface area (Å²) in [5.41, 5.74) is 12.0. The summed E-state index contributed by atoms with van der Waals surface area (Å²) < 4.78 is 0.764. The standard InChI is InChI=1S/C33H21IO2/c34-28-18-17-27(29-23-13-5-1-9-19(23)20-10-2-6-14-24(20)29)31(32(28)33(35)36)30-25-15-7-3-11-21(25)22-12-4-8-16-26(22)30/h1-18,29-30H,(H,35,36). The van der Waals surface area contributed by atoms with E-state index in [0.717, 1.165) is 14.7 Å². The molecule has 5 aromatic carbocycles. The van der Waals surface area contributed by atoms with E-state index in [1.807, 2.05) is 6.07 Å². The van der Waals surface area contributed by atoms with Crippen LogP contribution in [-0.4, -0.2) is 11.1 Å². The minimum atomic E-state index is -0.877. The van der Waals surface area contributed by atoms with Gasteiger partial charge in [0.15, 0.2) is 0 Å². The van der Waals surface area contributed by atoms with Crippen LogP contribution in [0, 0.1) is 3.57 Å². The largest absolute Gasteiger partial charge is 0.478 e. The molecule has 0 fully saturated rings. The van der Waals surface area contributed by atoms with Crippen molar-refractivity contribution in [3.63, 3.8) is 0 Å². The first-order chi connectivity index (χ1) is 17.6. The van der Waals surface area contributed by atoms with Gasteiger partial charge in [0.1, 0.15) is 0 Å². The SMILES string of the molecule is O=C(O)c1c(I)ccc(C2c3ccccc3-c3ccccc32)c1C1c2ccccc2-c2ccccc21. The molecule has 172 valence electrons. The van der Waals surface area contributed by atoms with Crippen molar-refractivity contribution < 1.29 is 9.90 Å². The molecule has 3 heteroatoms. The zero-order valence-corrected chi connectivity index (χ0v) is 21.4. The molecule has 0 saturated carbocycles. The molecule has 5 aromatic rings. The maximum Gasteiger partial charge on any atom is 0.337 e. The molecule has 2 aliphatic carbocycles. The van der Waals surface area contributed by atoms with Gasteiger partial charge in [0.2, 0.25) is 0 Å². The molecule has 1 N–H and O–H groups in total. The Bertz CT molecular complexity index is 1610. The number of carbonyl (C=O) groups is 1. The first kappa shape index (κ1) is 21.6. The maximum atomic E-state index is 12.9. The lowest BCUT2D eigenvalue weighted by molar-refractivity contribution is 0.0694. The van der Waals surface area contributed by atoms with Crippen LogP contribution < -0.4 is 0 Å². The van der Waals surface area contributed by atoms with E-state index in [1.165, 1.54) is 44.5 Å². The predicted molar refractivity (Wildman–Crippen MR) is 152 cm³/mol. The van der Waals surface area contributed by atoms with Gasteiger partial charge < -0.3 is 5.11 Å². The van der Waals surface area contributed by atoms with Gasteiger partial charge >= 0.3 is 5.97 Å². The number of fused-ring (bicyclic) bond motifs is 6. The van der Waals surface area contributed by atoms with E-state index in [9.17, 15) is 9.90 Å². The number of aromatic carboxylic acids is 1. The second-order valence-corrected chi connectivity index (χ2v) is 10.6. The van der Waals surface area contributed by atoms with Crippen LogP contribution >= 0.6 is 22.6 Å². The van der Waals surface area contributed by atoms with Crippen LogP contribution in [0.25, 0.3) is 22.3 Å². The summed E-state index contributed by atoms with van der Waals surface area (Å²) in [6, 6.07) is 38.1. The lowest BCUT2D eigenvalue weighted by atomic mass is 9.77. The van der Waals surface area contributed by atoms with Gasteiger partial charge in [-0.1, -0.05) is 103 Å². The zero-order chi connectivity index (χ0) is 24.4. The molecule has 2 aliphatic rings. The van der Waals surface area contributed by atoms with Crippen LogP contribution in [0.3, 0.4) is 0 Å². The highest BCUT2D eigenvalue weighted by Gasteiger charge is 2.38. The van der Waals surface area contributed by atoms with Gasteiger partial charge in [-0.2, -0.15) is 0 Å². The van der Waals surface area contributed by atoms with Crippen molar-refractivity contribution in [2.45, 2.75) is 11.8 Å². The molecule has 0 aliphatic heterocycles. The average Bonchev–Trinajstić information content (AvgIpc) is 3.41. The Labute approximate surface area is 223 Å². The van der Waals surface area contributed by atoms with Crippen molar-refractivity contribution in [3.05, 3.63) is 152 Å². The molecule has 0 atom stereocenters. The van der Waals surface area contributed by atoms with E-state index in [0.29, 0.717) is 5.56 Å². The van der Waals surface area contributed by atoms with Crippen LogP contribution in [0.2, 0.25) is 0 Å². The van der Waals surface area contributed by atoms with E-state index in [4.69, 9.17) is 0 Å². The molecular weight excluding hydrogens is 555 g/mol. The third kappa shape index (κ3) is 2.99. The monoisotopic (exact) mass is 576 g/mol. The third-order valence-electron chi connectivity index (χ3n) is 7.71. The van der Waals surface area contributed by atoms with Crippen molar-refractivity contribution in [3.8, 4) is 22.3 Å². The summed E-state index contributed by atoms with van der Waals surface area (Å²) in [6.45, 7) is 0. The average molecular weight is 576 g/mol. The van der Waals surface area contributed by atoms with Crippen LogP contribution in [0.4, 0.5) is 0 Å². The van der Waals surface area contributed by atoms with Gasteiger partial charge in [0.25, 0.3) is 0 Å². The quantitative estimate of drug-likeness (QED) is 0.215. The molecule has 2 nitrogen and oxygen atoms in total. The van der Waals surface area contributed by atoms with E-state index in [1.54, 1.807) is 0 Å². The van der Waals surface area contributed by atoms with Crippen molar-refractivity contribution in [1.82, 2.24) is 0 Å². The molecular formula is C33H21IO2. The summed E-state index contributed by atoms with van der Waals surface area (Å²) in [4.78, 5) is 12.9. The Morgan fingerprint density at radius 2 is 0.917 bits per heavy atom. The van der Waals surface area contributed by atoms with Crippen molar-refractivity contribution >= 4 is 28.6 Å². The Morgan fingerprint density at radius 3 is 1.33 bits per heavy atom. The number of carboxylic acids is 1. The second-order valence-electron chi connectivity index (χ2n) is 9.45. The maximum absolute atomic E-state index is 12.9. The van der Waals surface area contributed by atoms with Gasteiger partial charge in [0.05, 0.1) is 5.56 Å². The topological polar surface area (TPSA) is 37.3 Å². The van der Waals surface area contributed by atoms with Gasteiger partial charge in [-0.25, -0.2) is 4.79 Å². The fourth-order valence-corrected chi connectivity index (χ4v) is 7.05. The highest BCUT2D eigenvalue weighted by molar-refractivity contribution is 14.1. The van der Waals surface area contributed by atoms with Crippen LogP contribution in [0.1, 0.15) is 55.6 Å². The second kappa shape index (κ2) is 8.17. The molecule has 0 aromatic heterocycles. The number of benzene rings is 5. The summed E-state index contributed by atoms with van der Waals surface area (Å²) in [6.07, 6.45) is 0. The van der Waals surface area contributed by atoms with Crippen molar-refractivity contribution in [1.29, 1.82) is 0 Å². The van der Waals surface area contributed by atoms with Crippen LogP contribution in [0.5, 0.6) is 0 Å². The summed E-state index contributed by atoms with van der Waals surface area (Å²) in [5.74, 6) is -1.05. The Morgan fingerprint density at radius 1 is 0.528 bits per heavy atom. The predicted octanol–water partition coefficient (Wildman–Crippen LogP) is 8.31. The molecule has 0 spiro atoms. The molecule has 0 amide bonds. The number of rotatable bonds is 3. The lowest BCUT2D eigenvalue weighted by Gasteiger charge is -2.26. The summed E-state index contributed by atoms with van der Waals surface area (Å²) in [7, 11) is 0. The fraction of sp³-hybridized carbons (Fsp3) is 0.0606. The number of hydrogen-bond donors (Lipinski definition) is 1. The van der Waals surface area contributed by atoms with E-state index in [-0.39, 0.29) is 11.8 Å². The molecule has 0 radical (unpaired) electrons. The Balaban J connectivity index is 1.59. The van der Waals surface area contributed by atoms with Gasteiger partial charge in [-0.05, 0) is 84.3 Å². The molecule has 7 rings (SSSR count). The minimum absolute atomic E-state index is 0.0255. The van der Waals surface area contributed by atoms with Crippen molar-refractivity contribution in [2.75, 3.05) is 0 Å². The Kier molecular flexibility index (Phi) is 4.90. The van der Waals surface area contributed by atoms with Crippen LogP contribution in [-0.2, 0) is 0 Å². The molecule has 0 heterocycles. The van der Waals surface area contributed by atoms with E-state index < -0.39 is 5.97 Å². The highest BCUT2D eigenvalue weighted by Crippen LogP contribution is 2.54. The fourth-order valence-electron chi connectivity index (χ4n) is 6.35. The van der Waals surface area contributed by atoms with Crippen LogP contribution in [0.15, 0.2) is 109 Å². The van der Waals surface area contributed by atoms with Gasteiger partial charge in [-0.3, -0.25) is 0 Å². The lowest BCUT2D eigenvalue weighted by Crippen LogP contribution is -2.16. The molecule has 36 heavy (non-hydrogen) atoms. The summed E-state index contributed by atoms with van der Waals surface area (Å²) in [5, 5.41) is 10.6. The van der Waals surface area contributed by atoms with Gasteiger partial charge in [0, 0.05) is 15.4 Å². The number of carboxylic acid groups (broad SMARTS) is 1. The number of halogens is 1. The van der Waals surface area contributed by atoms with E-state index >= 15 is 0 Å². The minimum Gasteiger partial charge on any atom is -0.478 e. The number of hydrogen-bond acceptors (Lipinski definition) is 1. The smallest absolute Gasteiger partial charge is 0.337 e. The highest BCUT2D eigenvalue weighted by atomic mass is 127. The van der Waals surface area contributed by atoms with Gasteiger partial charge in [-0.15, -0.1) is 0 Å². The summed E-state index contributed by atoms with van der Waals surface area (Å²) >= 11 is 2.19. The first-order valence-corrected chi connectivity index (χ1v) is 13.1. The molecule has 0 unspecified atom stereocenters. The Hall–Kier alpha value is -3.70.